The Kier molecular flexibility index (Phi) is 3.89. The van der Waals surface area contributed by atoms with Crippen LogP contribution in [-0.2, 0) is 0 Å². The second kappa shape index (κ2) is 6.37. The molecular formula is C21H17N3O2. The minimum Gasteiger partial charge on any atom is -0.355 e. The standard InChI is InChI=1S/C21H17N3O2/c1-13(25)14-6-8-15(9-7-14)22-21(26)23-16-10-11-20-18(12-16)17-4-2-3-5-19(17)24-20/h2-12,24H,1H3,(H2,22,23,26). The lowest BCUT2D eigenvalue weighted by Gasteiger charge is -2.08. The molecule has 3 aromatic carbocycles. The molecule has 26 heavy (non-hydrogen) atoms. The van der Waals surface area contributed by atoms with Gasteiger partial charge in [-0.25, -0.2) is 4.79 Å². The van der Waals surface area contributed by atoms with E-state index in [1.807, 2.05) is 36.4 Å². The van der Waals surface area contributed by atoms with Crippen LogP contribution in [0.15, 0.2) is 66.7 Å². The van der Waals surface area contributed by atoms with E-state index in [1.165, 1.54) is 6.92 Å². The Morgan fingerprint density at radius 2 is 1.42 bits per heavy atom. The third-order valence-corrected chi connectivity index (χ3v) is 4.31. The lowest BCUT2D eigenvalue weighted by atomic mass is 10.1. The molecule has 0 saturated carbocycles. The zero-order chi connectivity index (χ0) is 18.1. The number of carbonyl (C=O) groups excluding carboxylic acids is 2. The van der Waals surface area contributed by atoms with Gasteiger partial charge in [-0.15, -0.1) is 0 Å². The molecule has 4 rings (SSSR count). The van der Waals surface area contributed by atoms with E-state index in [2.05, 4.69) is 21.7 Å². The molecule has 3 N–H and O–H groups in total. The zero-order valence-electron chi connectivity index (χ0n) is 14.2. The maximum Gasteiger partial charge on any atom is 0.323 e. The van der Waals surface area contributed by atoms with Crippen LogP contribution in [0.1, 0.15) is 17.3 Å². The van der Waals surface area contributed by atoms with Crippen molar-refractivity contribution in [2.24, 2.45) is 0 Å². The second-order valence-electron chi connectivity index (χ2n) is 6.14. The van der Waals surface area contributed by atoms with Gasteiger partial charge in [0.2, 0.25) is 0 Å². The quantitative estimate of drug-likeness (QED) is 0.449. The highest BCUT2D eigenvalue weighted by molar-refractivity contribution is 6.09. The number of aromatic nitrogens is 1. The van der Waals surface area contributed by atoms with Crippen molar-refractivity contribution in [3.05, 3.63) is 72.3 Å². The van der Waals surface area contributed by atoms with Gasteiger partial charge in [-0.2, -0.15) is 0 Å². The summed E-state index contributed by atoms with van der Waals surface area (Å²) in [6.07, 6.45) is 0. The van der Waals surface area contributed by atoms with Crippen LogP contribution >= 0.6 is 0 Å². The van der Waals surface area contributed by atoms with E-state index in [1.54, 1.807) is 24.3 Å². The molecule has 128 valence electrons. The van der Waals surface area contributed by atoms with Gasteiger partial charge >= 0.3 is 6.03 Å². The molecule has 1 aromatic heterocycles. The fourth-order valence-corrected chi connectivity index (χ4v) is 3.01. The highest BCUT2D eigenvalue weighted by Crippen LogP contribution is 2.27. The SMILES string of the molecule is CC(=O)c1ccc(NC(=O)Nc2ccc3[nH]c4ccccc4c3c2)cc1. The summed E-state index contributed by atoms with van der Waals surface area (Å²) in [5.41, 5.74) is 4.04. The summed E-state index contributed by atoms with van der Waals surface area (Å²) in [6, 6.07) is 20.3. The van der Waals surface area contributed by atoms with Gasteiger partial charge in [0, 0.05) is 38.7 Å². The Labute approximate surface area is 150 Å². The molecule has 0 atom stereocenters. The fourth-order valence-electron chi connectivity index (χ4n) is 3.01. The number of Topliss-reactive ketones (excluding diaryl/α,β-unsaturated/α-hetero) is 1. The average Bonchev–Trinajstić information content (AvgIpc) is 3.00. The number of rotatable bonds is 3. The maximum atomic E-state index is 12.2. The number of anilines is 2. The second-order valence-corrected chi connectivity index (χ2v) is 6.14. The first kappa shape index (κ1) is 15.9. The number of H-pyrrole nitrogens is 1. The summed E-state index contributed by atoms with van der Waals surface area (Å²) in [4.78, 5) is 26.9. The molecule has 0 aliphatic heterocycles. The van der Waals surface area contributed by atoms with Gasteiger partial charge in [0.25, 0.3) is 0 Å². The highest BCUT2D eigenvalue weighted by atomic mass is 16.2. The largest absolute Gasteiger partial charge is 0.355 e. The first-order valence-electron chi connectivity index (χ1n) is 8.29. The van der Waals surface area contributed by atoms with Crippen LogP contribution < -0.4 is 10.6 Å². The Morgan fingerprint density at radius 3 is 2.19 bits per heavy atom. The van der Waals surface area contributed by atoms with Crippen molar-refractivity contribution in [2.45, 2.75) is 6.92 Å². The number of para-hydroxylation sites is 1. The van der Waals surface area contributed by atoms with Crippen LogP contribution in [0.2, 0.25) is 0 Å². The summed E-state index contributed by atoms with van der Waals surface area (Å²) >= 11 is 0. The molecule has 0 saturated heterocycles. The van der Waals surface area contributed by atoms with Crippen LogP contribution in [0.25, 0.3) is 21.8 Å². The van der Waals surface area contributed by atoms with Gasteiger partial charge in [-0.05, 0) is 55.5 Å². The highest BCUT2D eigenvalue weighted by Gasteiger charge is 2.07. The topological polar surface area (TPSA) is 74.0 Å². The van der Waals surface area contributed by atoms with Gasteiger partial charge in [-0.1, -0.05) is 18.2 Å². The number of carbonyl (C=O) groups is 2. The predicted octanol–water partition coefficient (Wildman–Crippen LogP) is 5.17. The molecule has 0 radical (unpaired) electrons. The monoisotopic (exact) mass is 343 g/mol. The van der Waals surface area contributed by atoms with E-state index in [0.717, 1.165) is 21.8 Å². The first-order chi connectivity index (χ1) is 12.6. The van der Waals surface area contributed by atoms with Gasteiger partial charge in [0.1, 0.15) is 0 Å². The summed E-state index contributed by atoms with van der Waals surface area (Å²) < 4.78 is 0. The lowest BCUT2D eigenvalue weighted by Crippen LogP contribution is -2.19. The number of nitrogens with one attached hydrogen (secondary N) is 3. The lowest BCUT2D eigenvalue weighted by molar-refractivity contribution is 0.101. The molecule has 0 spiro atoms. The minimum atomic E-state index is -0.334. The van der Waals surface area contributed by atoms with Crippen LogP contribution in [0.3, 0.4) is 0 Å². The predicted molar refractivity (Wildman–Crippen MR) is 105 cm³/mol. The minimum absolute atomic E-state index is 0.00645. The maximum absolute atomic E-state index is 12.2. The number of ketones is 1. The van der Waals surface area contributed by atoms with Gasteiger partial charge < -0.3 is 15.6 Å². The number of urea groups is 1. The number of amides is 2. The van der Waals surface area contributed by atoms with Crippen molar-refractivity contribution in [2.75, 3.05) is 10.6 Å². The number of benzene rings is 3. The van der Waals surface area contributed by atoms with E-state index >= 15 is 0 Å². The fraction of sp³-hybridized carbons (Fsp3) is 0.0476. The molecule has 0 unspecified atom stereocenters. The summed E-state index contributed by atoms with van der Waals surface area (Å²) in [5, 5.41) is 7.79. The summed E-state index contributed by atoms with van der Waals surface area (Å²) in [6.45, 7) is 1.51. The van der Waals surface area contributed by atoms with Gasteiger partial charge in [-0.3, -0.25) is 4.79 Å². The van der Waals surface area contributed by atoms with Crippen molar-refractivity contribution in [1.82, 2.24) is 4.98 Å². The van der Waals surface area contributed by atoms with Gasteiger partial charge in [0.05, 0.1) is 0 Å². The van der Waals surface area contributed by atoms with Crippen molar-refractivity contribution in [3.8, 4) is 0 Å². The van der Waals surface area contributed by atoms with Crippen LogP contribution in [0.5, 0.6) is 0 Å². The molecule has 5 heteroatoms. The van der Waals surface area contributed by atoms with Crippen molar-refractivity contribution < 1.29 is 9.59 Å². The molecule has 4 aromatic rings. The summed E-state index contributed by atoms with van der Waals surface area (Å²) in [5.74, 6) is -0.00645. The summed E-state index contributed by atoms with van der Waals surface area (Å²) in [7, 11) is 0. The molecule has 5 nitrogen and oxygen atoms in total. The van der Waals surface area contributed by atoms with Crippen LogP contribution in [0, 0.1) is 0 Å². The first-order valence-corrected chi connectivity index (χ1v) is 8.29. The van der Waals surface area contributed by atoms with E-state index in [9.17, 15) is 9.59 Å². The molecule has 0 fully saturated rings. The van der Waals surface area contributed by atoms with E-state index in [0.29, 0.717) is 16.9 Å². The third kappa shape index (κ3) is 3.02. The van der Waals surface area contributed by atoms with E-state index in [4.69, 9.17) is 0 Å². The molecule has 2 amide bonds. The van der Waals surface area contributed by atoms with Crippen molar-refractivity contribution >= 4 is 45.0 Å². The molecule has 0 aliphatic carbocycles. The smallest absolute Gasteiger partial charge is 0.323 e. The number of hydrogen-bond donors (Lipinski definition) is 3. The molecular weight excluding hydrogens is 326 g/mol. The van der Waals surface area contributed by atoms with E-state index in [-0.39, 0.29) is 11.8 Å². The van der Waals surface area contributed by atoms with Crippen LogP contribution in [-0.4, -0.2) is 16.8 Å². The molecule has 0 bridgehead atoms. The number of hydrogen-bond acceptors (Lipinski definition) is 2. The van der Waals surface area contributed by atoms with E-state index < -0.39 is 0 Å². The molecule has 0 aliphatic rings. The Hall–Kier alpha value is -3.60. The Balaban J connectivity index is 1.53. The van der Waals surface area contributed by atoms with Crippen molar-refractivity contribution in [1.29, 1.82) is 0 Å². The Bertz CT molecular complexity index is 1130. The van der Waals surface area contributed by atoms with Gasteiger partial charge in [0.15, 0.2) is 5.78 Å². The number of fused-ring (bicyclic) bond motifs is 3. The number of aromatic amines is 1. The van der Waals surface area contributed by atoms with Crippen molar-refractivity contribution in [3.63, 3.8) is 0 Å². The Morgan fingerprint density at radius 1 is 0.769 bits per heavy atom. The van der Waals surface area contributed by atoms with Crippen LogP contribution in [0.4, 0.5) is 16.2 Å². The molecule has 1 heterocycles. The normalized spacial score (nSPS) is 10.8. The third-order valence-electron chi connectivity index (χ3n) is 4.31. The average molecular weight is 343 g/mol. The zero-order valence-corrected chi connectivity index (χ0v) is 14.2.